The number of carbonyl (C=O) groups excluding carboxylic acids is 2. The lowest BCUT2D eigenvalue weighted by atomic mass is 10.0. The van der Waals surface area contributed by atoms with Crippen molar-refractivity contribution in [2.24, 2.45) is 5.92 Å². The second-order valence-corrected chi connectivity index (χ2v) is 8.30. The first-order valence-corrected chi connectivity index (χ1v) is 10.2. The number of amides is 2. The molecule has 1 unspecified atom stereocenters. The number of aryl methyl sites for hydroxylation is 1. The highest BCUT2D eigenvalue weighted by Crippen LogP contribution is 2.20. The molecule has 0 spiro atoms. The molecule has 3 heterocycles. The van der Waals surface area contributed by atoms with Gasteiger partial charge in [-0.15, -0.1) is 0 Å². The van der Waals surface area contributed by atoms with Crippen LogP contribution in [0.25, 0.3) is 0 Å². The maximum absolute atomic E-state index is 13.0. The number of hydrogen-bond donors (Lipinski definition) is 1. The van der Waals surface area contributed by atoms with Gasteiger partial charge in [-0.1, -0.05) is 13.8 Å². The Morgan fingerprint density at radius 3 is 2.78 bits per heavy atom. The van der Waals surface area contributed by atoms with Crippen LogP contribution in [0.4, 0.5) is 0 Å². The van der Waals surface area contributed by atoms with Crippen LogP contribution in [-0.4, -0.2) is 70.2 Å². The van der Waals surface area contributed by atoms with Crippen molar-refractivity contribution in [3.8, 4) is 0 Å². The quantitative estimate of drug-likeness (QED) is 0.837. The van der Waals surface area contributed by atoms with E-state index in [2.05, 4.69) is 31.2 Å². The largest absolute Gasteiger partial charge is 0.340 e. The lowest BCUT2D eigenvalue weighted by Gasteiger charge is -2.41. The van der Waals surface area contributed by atoms with E-state index >= 15 is 0 Å². The molecule has 27 heavy (non-hydrogen) atoms. The average Bonchev–Trinajstić information content (AvgIpc) is 2.89. The van der Waals surface area contributed by atoms with Gasteiger partial charge in [0.15, 0.2) is 0 Å². The highest BCUT2D eigenvalue weighted by molar-refractivity contribution is 5.81. The fourth-order valence-electron chi connectivity index (χ4n) is 4.22. The molecule has 7 heteroatoms. The zero-order valence-electron chi connectivity index (χ0n) is 17.1. The van der Waals surface area contributed by atoms with Crippen molar-refractivity contribution in [3.05, 3.63) is 17.0 Å². The predicted octanol–water partition coefficient (Wildman–Crippen LogP) is 1.12. The van der Waals surface area contributed by atoms with Crippen LogP contribution in [0, 0.1) is 19.8 Å². The summed E-state index contributed by atoms with van der Waals surface area (Å²) in [4.78, 5) is 29.1. The summed E-state index contributed by atoms with van der Waals surface area (Å²) in [7, 11) is 0. The fraction of sp³-hybridized carbons (Fsp3) is 0.750. The van der Waals surface area contributed by atoms with Crippen LogP contribution in [0.5, 0.6) is 0 Å². The third-order valence-corrected chi connectivity index (χ3v) is 5.71. The Morgan fingerprint density at radius 1 is 1.30 bits per heavy atom. The van der Waals surface area contributed by atoms with Crippen LogP contribution in [0.3, 0.4) is 0 Å². The highest BCUT2D eigenvalue weighted by atomic mass is 16.2. The van der Waals surface area contributed by atoms with Gasteiger partial charge in [0.2, 0.25) is 11.8 Å². The molecule has 1 atom stereocenters. The zero-order chi connectivity index (χ0) is 19.6. The molecule has 2 amide bonds. The Labute approximate surface area is 162 Å². The first-order valence-electron chi connectivity index (χ1n) is 10.2. The average molecular weight is 376 g/mol. The molecule has 2 fully saturated rings. The lowest BCUT2D eigenvalue weighted by Crippen LogP contribution is -2.57. The molecule has 0 aromatic carbocycles. The molecule has 1 aromatic heterocycles. The second-order valence-electron chi connectivity index (χ2n) is 8.30. The van der Waals surface area contributed by atoms with E-state index < -0.39 is 0 Å². The predicted molar refractivity (Wildman–Crippen MR) is 104 cm³/mol. The second kappa shape index (κ2) is 8.42. The molecule has 1 aromatic rings. The van der Waals surface area contributed by atoms with E-state index in [1.165, 1.54) is 0 Å². The van der Waals surface area contributed by atoms with Crippen LogP contribution in [0.1, 0.15) is 43.6 Å². The number of aromatic nitrogens is 2. The first-order chi connectivity index (χ1) is 12.9. The molecule has 0 radical (unpaired) electrons. The van der Waals surface area contributed by atoms with Crippen LogP contribution in [-0.2, 0) is 22.6 Å². The van der Waals surface area contributed by atoms with Gasteiger partial charge in [-0.3, -0.25) is 14.3 Å². The van der Waals surface area contributed by atoms with Crippen LogP contribution in [0.15, 0.2) is 0 Å². The summed E-state index contributed by atoms with van der Waals surface area (Å²) in [5, 5.41) is 7.75. The van der Waals surface area contributed by atoms with E-state index in [0.717, 1.165) is 56.0 Å². The normalized spacial score (nSPS) is 21.2. The number of hydrogen-bond acceptors (Lipinski definition) is 4. The summed E-state index contributed by atoms with van der Waals surface area (Å²) in [6.07, 6.45) is 2.34. The Kier molecular flexibility index (Phi) is 6.19. The monoisotopic (exact) mass is 375 g/mol. The molecule has 2 aliphatic heterocycles. The highest BCUT2D eigenvalue weighted by Gasteiger charge is 2.32. The van der Waals surface area contributed by atoms with Gasteiger partial charge in [-0.25, -0.2) is 0 Å². The van der Waals surface area contributed by atoms with Gasteiger partial charge in [0.05, 0.1) is 18.7 Å². The van der Waals surface area contributed by atoms with E-state index in [9.17, 15) is 9.59 Å². The fourth-order valence-corrected chi connectivity index (χ4v) is 4.22. The minimum Gasteiger partial charge on any atom is -0.340 e. The SMILES string of the molecule is Cc1nn(CC(C)C)c(C)c1CC(=O)N1CCCC(N2CCNCC2=O)C1. The maximum Gasteiger partial charge on any atom is 0.236 e. The van der Waals surface area contributed by atoms with E-state index in [4.69, 9.17) is 0 Å². The van der Waals surface area contributed by atoms with Crippen molar-refractivity contribution in [2.45, 2.75) is 59.5 Å². The van der Waals surface area contributed by atoms with Crippen molar-refractivity contribution in [1.82, 2.24) is 24.9 Å². The molecule has 2 aliphatic rings. The Morgan fingerprint density at radius 2 is 2.07 bits per heavy atom. The Bertz CT molecular complexity index is 697. The van der Waals surface area contributed by atoms with Crippen LogP contribution >= 0.6 is 0 Å². The minimum atomic E-state index is 0.151. The summed E-state index contributed by atoms with van der Waals surface area (Å²) in [5.41, 5.74) is 3.11. The van der Waals surface area contributed by atoms with Gasteiger partial charge >= 0.3 is 0 Å². The Balaban J connectivity index is 1.66. The van der Waals surface area contributed by atoms with Crippen LogP contribution in [0.2, 0.25) is 0 Å². The number of piperazine rings is 1. The van der Waals surface area contributed by atoms with Gasteiger partial charge in [-0.2, -0.15) is 5.10 Å². The number of nitrogens with one attached hydrogen (secondary N) is 1. The van der Waals surface area contributed by atoms with Gasteiger partial charge in [-0.05, 0) is 32.6 Å². The summed E-state index contributed by atoms with van der Waals surface area (Å²) >= 11 is 0. The number of likely N-dealkylation sites (tertiary alicyclic amines) is 1. The molecule has 150 valence electrons. The number of piperidine rings is 1. The third kappa shape index (κ3) is 4.51. The van der Waals surface area contributed by atoms with Gasteiger partial charge in [0.1, 0.15) is 0 Å². The van der Waals surface area contributed by atoms with Crippen LogP contribution < -0.4 is 5.32 Å². The van der Waals surface area contributed by atoms with Crippen molar-refractivity contribution < 1.29 is 9.59 Å². The molecule has 1 N–H and O–H groups in total. The molecule has 7 nitrogen and oxygen atoms in total. The first kappa shape index (κ1) is 19.9. The molecule has 0 aliphatic carbocycles. The Hall–Kier alpha value is -1.89. The van der Waals surface area contributed by atoms with Crippen molar-refractivity contribution >= 4 is 11.8 Å². The number of carbonyl (C=O) groups is 2. The molecule has 0 bridgehead atoms. The van der Waals surface area contributed by atoms with Crippen molar-refractivity contribution in [3.63, 3.8) is 0 Å². The van der Waals surface area contributed by atoms with Gasteiger partial charge in [0.25, 0.3) is 0 Å². The lowest BCUT2D eigenvalue weighted by molar-refractivity contribution is -0.140. The molecule has 3 rings (SSSR count). The van der Waals surface area contributed by atoms with Crippen molar-refractivity contribution in [1.29, 1.82) is 0 Å². The molecule has 2 saturated heterocycles. The number of nitrogens with zero attached hydrogens (tertiary/aromatic N) is 4. The molecular formula is C20H33N5O2. The summed E-state index contributed by atoms with van der Waals surface area (Å²) in [6.45, 7) is 12.7. The van der Waals surface area contributed by atoms with Gasteiger partial charge < -0.3 is 15.1 Å². The maximum atomic E-state index is 13.0. The minimum absolute atomic E-state index is 0.151. The van der Waals surface area contributed by atoms with Crippen molar-refractivity contribution in [2.75, 3.05) is 32.7 Å². The van der Waals surface area contributed by atoms with E-state index in [0.29, 0.717) is 25.4 Å². The van der Waals surface area contributed by atoms with E-state index in [1.54, 1.807) is 0 Å². The smallest absolute Gasteiger partial charge is 0.236 e. The summed E-state index contributed by atoms with van der Waals surface area (Å²) in [5.74, 6) is 0.825. The summed E-state index contributed by atoms with van der Waals surface area (Å²) in [6, 6.07) is 0.156. The third-order valence-electron chi connectivity index (χ3n) is 5.71. The zero-order valence-corrected chi connectivity index (χ0v) is 17.1. The number of rotatable bonds is 5. The van der Waals surface area contributed by atoms with E-state index in [-0.39, 0.29) is 17.9 Å². The van der Waals surface area contributed by atoms with E-state index in [1.807, 2.05) is 21.4 Å². The standard InChI is InChI=1S/C20H33N5O2/c1-14(2)12-25-16(4)18(15(3)22-25)10-19(26)23-8-5-6-17(13-23)24-9-7-21-11-20(24)27/h14,17,21H,5-13H2,1-4H3. The topological polar surface area (TPSA) is 70.5 Å². The summed E-state index contributed by atoms with van der Waals surface area (Å²) < 4.78 is 2.03. The molecule has 0 saturated carbocycles. The molecular weight excluding hydrogens is 342 g/mol. The van der Waals surface area contributed by atoms with Gasteiger partial charge in [0, 0.05) is 50.0 Å².